The second-order valence-corrected chi connectivity index (χ2v) is 5.92. The number of hydrogen-bond acceptors (Lipinski definition) is 3. The molecule has 0 N–H and O–H groups in total. The highest BCUT2D eigenvalue weighted by Gasteiger charge is 2.43. The molecule has 0 bridgehead atoms. The second kappa shape index (κ2) is 9.75. The molecule has 0 aromatic carbocycles. The molecular weight excluding hydrogens is 252 g/mol. The second-order valence-electron chi connectivity index (χ2n) is 5.92. The fourth-order valence-corrected chi connectivity index (χ4v) is 1.77. The molecule has 0 aliphatic carbocycles. The minimum absolute atomic E-state index is 0.122. The number of hydrogen-bond donors (Lipinski definition) is 0. The Hall–Kier alpha value is -0.120. The van der Waals surface area contributed by atoms with Gasteiger partial charge in [0.15, 0.2) is 0 Å². The predicted molar refractivity (Wildman–Crippen MR) is 84.7 cm³/mol. The molecule has 0 aromatic rings. The van der Waals surface area contributed by atoms with Crippen molar-refractivity contribution in [2.45, 2.75) is 105 Å². The molecule has 0 saturated carbocycles. The lowest BCUT2D eigenvalue weighted by molar-refractivity contribution is -0.434. The highest BCUT2D eigenvalue weighted by molar-refractivity contribution is 4.72. The van der Waals surface area contributed by atoms with E-state index in [1.807, 2.05) is 0 Å². The average Bonchev–Trinajstić information content (AvgIpc) is 2.45. The minimum Gasteiger partial charge on any atom is -0.324 e. The summed E-state index contributed by atoms with van der Waals surface area (Å²) in [5.74, 6) is -0.728. The van der Waals surface area contributed by atoms with Crippen molar-refractivity contribution in [2.75, 3.05) is 0 Å². The third kappa shape index (κ3) is 6.11. The Balaban J connectivity index is 5.26. The van der Waals surface area contributed by atoms with Crippen LogP contribution in [0.5, 0.6) is 0 Å². The molecule has 0 aliphatic rings. The van der Waals surface area contributed by atoms with E-state index in [1.165, 1.54) is 0 Å². The van der Waals surface area contributed by atoms with E-state index in [1.54, 1.807) is 0 Å². The van der Waals surface area contributed by atoms with Crippen molar-refractivity contribution < 1.29 is 14.2 Å². The summed E-state index contributed by atoms with van der Waals surface area (Å²) >= 11 is 0. The molecule has 0 heterocycles. The van der Waals surface area contributed by atoms with Gasteiger partial charge in [0, 0.05) is 5.92 Å². The number of ether oxygens (including phenoxy) is 3. The summed E-state index contributed by atoms with van der Waals surface area (Å²) in [5.41, 5.74) is 0. The van der Waals surface area contributed by atoms with E-state index >= 15 is 0 Å². The van der Waals surface area contributed by atoms with Crippen molar-refractivity contribution in [3.63, 3.8) is 0 Å². The van der Waals surface area contributed by atoms with E-state index in [9.17, 15) is 0 Å². The first-order chi connectivity index (χ1) is 9.34. The molecule has 0 amide bonds. The SMILES string of the molecule is CCC(C)OC(OC(C)CC)(OC(C)CC)C(C)CC. The Labute approximate surface area is 126 Å². The highest BCUT2D eigenvalue weighted by Crippen LogP contribution is 2.33. The number of rotatable bonds is 11. The van der Waals surface area contributed by atoms with Crippen LogP contribution < -0.4 is 0 Å². The van der Waals surface area contributed by atoms with Crippen LogP contribution >= 0.6 is 0 Å². The lowest BCUT2D eigenvalue weighted by atomic mass is 10.1. The maximum atomic E-state index is 6.24. The van der Waals surface area contributed by atoms with Gasteiger partial charge in [0.1, 0.15) is 0 Å². The standard InChI is InChI=1S/C17H36O3/c1-9-13(5)17(18-14(6)10-2,19-15(7)11-3)20-16(8)12-4/h13-16H,9-12H2,1-8H3. The fraction of sp³-hybridized carbons (Fsp3) is 1.00. The Morgan fingerprint density at radius 3 is 1.10 bits per heavy atom. The molecule has 4 unspecified atom stereocenters. The van der Waals surface area contributed by atoms with E-state index in [4.69, 9.17) is 14.2 Å². The first-order valence-corrected chi connectivity index (χ1v) is 8.38. The quantitative estimate of drug-likeness (QED) is 0.493. The van der Waals surface area contributed by atoms with Crippen LogP contribution in [0.4, 0.5) is 0 Å². The van der Waals surface area contributed by atoms with Crippen LogP contribution in [0.1, 0.15) is 81.1 Å². The summed E-state index contributed by atoms with van der Waals surface area (Å²) < 4.78 is 18.7. The largest absolute Gasteiger partial charge is 0.324 e. The highest BCUT2D eigenvalue weighted by atomic mass is 16.9. The van der Waals surface area contributed by atoms with Crippen molar-refractivity contribution in [1.29, 1.82) is 0 Å². The Morgan fingerprint density at radius 1 is 0.600 bits per heavy atom. The van der Waals surface area contributed by atoms with Gasteiger partial charge < -0.3 is 14.2 Å². The Morgan fingerprint density at radius 2 is 0.900 bits per heavy atom. The molecule has 122 valence electrons. The molecule has 3 heteroatoms. The zero-order valence-corrected chi connectivity index (χ0v) is 14.9. The summed E-state index contributed by atoms with van der Waals surface area (Å²) in [6.07, 6.45) is 4.18. The van der Waals surface area contributed by atoms with Gasteiger partial charge in [-0.3, -0.25) is 0 Å². The maximum absolute atomic E-state index is 6.24. The van der Waals surface area contributed by atoms with Gasteiger partial charge in [0.25, 0.3) is 5.97 Å². The van der Waals surface area contributed by atoms with Crippen LogP contribution in [0.2, 0.25) is 0 Å². The molecule has 0 fully saturated rings. The molecule has 0 saturated heterocycles. The van der Waals surface area contributed by atoms with Gasteiger partial charge in [-0.05, 0) is 46.5 Å². The van der Waals surface area contributed by atoms with Gasteiger partial charge in [-0.2, -0.15) is 0 Å². The molecule has 4 atom stereocenters. The molecule has 0 radical (unpaired) electrons. The molecule has 20 heavy (non-hydrogen) atoms. The topological polar surface area (TPSA) is 27.7 Å². The third-order valence-electron chi connectivity index (χ3n) is 4.04. The predicted octanol–water partition coefficient (Wildman–Crippen LogP) is 5.13. The third-order valence-corrected chi connectivity index (χ3v) is 4.04. The Bertz CT molecular complexity index is 211. The van der Waals surface area contributed by atoms with Crippen LogP contribution in [0, 0.1) is 5.92 Å². The zero-order valence-electron chi connectivity index (χ0n) is 14.9. The van der Waals surface area contributed by atoms with Crippen LogP contribution in [-0.2, 0) is 14.2 Å². The normalized spacial score (nSPS) is 21.0. The van der Waals surface area contributed by atoms with Gasteiger partial charge in [-0.25, -0.2) is 0 Å². The van der Waals surface area contributed by atoms with Gasteiger partial charge in [-0.15, -0.1) is 0 Å². The van der Waals surface area contributed by atoms with Crippen molar-refractivity contribution in [2.24, 2.45) is 5.92 Å². The van der Waals surface area contributed by atoms with E-state index in [0.29, 0.717) is 0 Å². The van der Waals surface area contributed by atoms with Crippen molar-refractivity contribution >= 4 is 0 Å². The van der Waals surface area contributed by atoms with Gasteiger partial charge >= 0.3 is 0 Å². The van der Waals surface area contributed by atoms with E-state index < -0.39 is 5.97 Å². The first kappa shape index (κ1) is 19.9. The summed E-state index contributed by atoms with van der Waals surface area (Å²) in [5, 5.41) is 0. The molecule has 0 aliphatic heterocycles. The van der Waals surface area contributed by atoms with Gasteiger partial charge in [0.2, 0.25) is 0 Å². The van der Waals surface area contributed by atoms with Crippen molar-refractivity contribution in [1.82, 2.24) is 0 Å². The maximum Gasteiger partial charge on any atom is 0.286 e. The molecule has 0 spiro atoms. The summed E-state index contributed by atoms with van der Waals surface area (Å²) in [6, 6.07) is 0. The summed E-state index contributed by atoms with van der Waals surface area (Å²) in [7, 11) is 0. The Kier molecular flexibility index (Phi) is 9.69. The molecule has 3 nitrogen and oxygen atoms in total. The fourth-order valence-electron chi connectivity index (χ4n) is 1.77. The zero-order chi connectivity index (χ0) is 15.8. The lowest BCUT2D eigenvalue weighted by Gasteiger charge is -2.42. The van der Waals surface area contributed by atoms with E-state index in [0.717, 1.165) is 25.7 Å². The summed E-state index contributed by atoms with van der Waals surface area (Å²) in [4.78, 5) is 0. The average molecular weight is 288 g/mol. The van der Waals surface area contributed by atoms with E-state index in [2.05, 4.69) is 55.4 Å². The van der Waals surface area contributed by atoms with Crippen LogP contribution in [0.15, 0.2) is 0 Å². The molecule has 0 rings (SSSR count). The molecular formula is C17H36O3. The van der Waals surface area contributed by atoms with Gasteiger partial charge in [0.05, 0.1) is 18.3 Å². The van der Waals surface area contributed by atoms with Crippen LogP contribution in [0.25, 0.3) is 0 Å². The lowest BCUT2D eigenvalue weighted by Crippen LogP contribution is -2.50. The minimum atomic E-state index is -0.922. The smallest absolute Gasteiger partial charge is 0.286 e. The van der Waals surface area contributed by atoms with E-state index in [-0.39, 0.29) is 24.2 Å². The summed E-state index contributed by atoms with van der Waals surface area (Å²) in [6.45, 7) is 16.9. The van der Waals surface area contributed by atoms with Crippen LogP contribution in [-0.4, -0.2) is 24.3 Å². The van der Waals surface area contributed by atoms with Gasteiger partial charge in [-0.1, -0.05) is 34.6 Å². The van der Waals surface area contributed by atoms with Crippen molar-refractivity contribution in [3.05, 3.63) is 0 Å². The molecule has 0 aromatic heterocycles. The first-order valence-electron chi connectivity index (χ1n) is 8.38. The van der Waals surface area contributed by atoms with Crippen molar-refractivity contribution in [3.8, 4) is 0 Å². The van der Waals surface area contributed by atoms with Crippen LogP contribution in [0.3, 0.4) is 0 Å². The monoisotopic (exact) mass is 288 g/mol.